The second-order valence-electron chi connectivity index (χ2n) is 6.78. The minimum atomic E-state index is -3.49. The first kappa shape index (κ1) is 17.7. The molecule has 0 atom stereocenters. The SMILES string of the molecule is N#CC1(C(=O)NCCS(=O)(=O)N2CCc3ccccc32)CCCCC1. The largest absolute Gasteiger partial charge is 0.354 e. The van der Waals surface area contributed by atoms with E-state index in [-0.39, 0.29) is 18.2 Å². The Kier molecular flexibility index (Phi) is 5.00. The molecule has 0 unspecified atom stereocenters. The molecule has 0 saturated heterocycles. The number of hydrogen-bond acceptors (Lipinski definition) is 4. The Morgan fingerprint density at radius 2 is 1.96 bits per heavy atom. The molecule has 7 heteroatoms. The monoisotopic (exact) mass is 361 g/mol. The van der Waals surface area contributed by atoms with Gasteiger partial charge in [-0.15, -0.1) is 0 Å². The number of amides is 1. The number of fused-ring (bicyclic) bond motifs is 1. The van der Waals surface area contributed by atoms with Crippen LogP contribution in [0.25, 0.3) is 0 Å². The van der Waals surface area contributed by atoms with Crippen LogP contribution in [0.2, 0.25) is 0 Å². The average molecular weight is 361 g/mol. The van der Waals surface area contributed by atoms with Crippen molar-refractivity contribution in [2.45, 2.75) is 38.5 Å². The van der Waals surface area contributed by atoms with Crippen molar-refractivity contribution in [1.29, 1.82) is 5.26 Å². The normalized spacial score (nSPS) is 19.1. The minimum Gasteiger partial charge on any atom is -0.354 e. The third kappa shape index (κ3) is 3.49. The van der Waals surface area contributed by atoms with Gasteiger partial charge in [0.1, 0.15) is 5.41 Å². The van der Waals surface area contributed by atoms with Crippen molar-refractivity contribution in [3.8, 4) is 6.07 Å². The summed E-state index contributed by atoms with van der Waals surface area (Å²) in [5, 5.41) is 12.1. The van der Waals surface area contributed by atoms with Gasteiger partial charge in [0.15, 0.2) is 0 Å². The predicted octanol–water partition coefficient (Wildman–Crippen LogP) is 1.97. The number of nitriles is 1. The fourth-order valence-corrected chi connectivity index (χ4v) is 5.14. The molecule has 1 amide bonds. The van der Waals surface area contributed by atoms with Gasteiger partial charge in [0.05, 0.1) is 17.5 Å². The van der Waals surface area contributed by atoms with Gasteiger partial charge < -0.3 is 5.32 Å². The first-order chi connectivity index (χ1) is 12.0. The van der Waals surface area contributed by atoms with Gasteiger partial charge in [0, 0.05) is 13.1 Å². The number of nitrogens with zero attached hydrogens (tertiary/aromatic N) is 2. The van der Waals surface area contributed by atoms with Crippen LogP contribution >= 0.6 is 0 Å². The average Bonchev–Trinajstić information content (AvgIpc) is 3.07. The molecule has 3 rings (SSSR count). The summed E-state index contributed by atoms with van der Waals surface area (Å²) >= 11 is 0. The molecule has 134 valence electrons. The number of carbonyl (C=O) groups is 1. The topological polar surface area (TPSA) is 90.3 Å². The van der Waals surface area contributed by atoms with Crippen LogP contribution in [0, 0.1) is 16.7 Å². The molecule has 1 aromatic rings. The van der Waals surface area contributed by atoms with E-state index in [0.29, 0.717) is 25.8 Å². The number of nitrogens with one attached hydrogen (secondary N) is 1. The molecule has 0 spiro atoms. The van der Waals surface area contributed by atoms with Gasteiger partial charge in [0.25, 0.3) is 0 Å². The van der Waals surface area contributed by atoms with Crippen molar-refractivity contribution >= 4 is 21.6 Å². The highest BCUT2D eigenvalue weighted by molar-refractivity contribution is 7.92. The molecule has 1 N–H and O–H groups in total. The van der Waals surface area contributed by atoms with Crippen molar-refractivity contribution in [1.82, 2.24) is 5.32 Å². The molecular weight excluding hydrogens is 338 g/mol. The summed E-state index contributed by atoms with van der Waals surface area (Å²) in [6, 6.07) is 9.64. The number of sulfonamides is 1. The molecule has 1 heterocycles. The molecule has 25 heavy (non-hydrogen) atoms. The predicted molar refractivity (Wildman–Crippen MR) is 95.4 cm³/mol. The smallest absolute Gasteiger partial charge is 0.240 e. The van der Waals surface area contributed by atoms with Crippen molar-refractivity contribution < 1.29 is 13.2 Å². The zero-order valence-electron chi connectivity index (χ0n) is 14.2. The fraction of sp³-hybridized carbons (Fsp3) is 0.556. The van der Waals surface area contributed by atoms with Crippen molar-refractivity contribution in [3.05, 3.63) is 29.8 Å². The molecule has 6 nitrogen and oxygen atoms in total. The van der Waals surface area contributed by atoms with E-state index in [4.69, 9.17) is 0 Å². The minimum absolute atomic E-state index is 0.0310. The van der Waals surface area contributed by atoms with Gasteiger partial charge >= 0.3 is 0 Å². The molecular formula is C18H23N3O3S. The van der Waals surface area contributed by atoms with E-state index in [0.717, 1.165) is 30.5 Å². The lowest BCUT2D eigenvalue weighted by Crippen LogP contribution is -2.44. The van der Waals surface area contributed by atoms with Gasteiger partial charge in [0.2, 0.25) is 15.9 Å². The van der Waals surface area contributed by atoms with Crippen LogP contribution in [0.15, 0.2) is 24.3 Å². The van der Waals surface area contributed by atoms with E-state index in [2.05, 4.69) is 11.4 Å². The third-order valence-corrected chi connectivity index (χ3v) is 6.95. The maximum Gasteiger partial charge on any atom is 0.240 e. The van der Waals surface area contributed by atoms with Crippen LogP contribution in [-0.2, 0) is 21.2 Å². The molecule has 2 aliphatic rings. The molecule has 0 bridgehead atoms. The fourth-order valence-electron chi connectivity index (χ4n) is 3.71. The summed E-state index contributed by atoms with van der Waals surface area (Å²) in [6.45, 7) is 0.473. The lowest BCUT2D eigenvalue weighted by Gasteiger charge is -2.29. The van der Waals surface area contributed by atoms with Crippen LogP contribution < -0.4 is 9.62 Å². The Bertz CT molecular complexity index is 792. The van der Waals surface area contributed by atoms with Gasteiger partial charge in [-0.05, 0) is 30.9 Å². The van der Waals surface area contributed by atoms with Gasteiger partial charge in [-0.2, -0.15) is 5.26 Å². The van der Waals surface area contributed by atoms with E-state index in [1.165, 1.54) is 4.31 Å². The van der Waals surface area contributed by atoms with E-state index in [1.54, 1.807) is 0 Å². The Labute approximate surface area is 148 Å². The zero-order chi connectivity index (χ0) is 17.9. The maximum atomic E-state index is 12.6. The summed E-state index contributed by atoms with van der Waals surface area (Å²) in [5.41, 5.74) is 0.776. The Hall–Kier alpha value is -2.07. The van der Waals surface area contributed by atoms with Crippen molar-refractivity contribution in [2.75, 3.05) is 23.1 Å². The molecule has 1 aromatic carbocycles. The standard InChI is InChI=1S/C18H23N3O3S/c19-14-18(9-4-1-5-10-18)17(22)20-11-13-25(23,24)21-12-8-15-6-2-3-7-16(15)21/h2-3,6-7H,1,4-5,8-13H2,(H,20,22). The quantitative estimate of drug-likeness (QED) is 0.868. The number of benzene rings is 1. The van der Waals surface area contributed by atoms with Crippen LogP contribution in [0.3, 0.4) is 0 Å². The van der Waals surface area contributed by atoms with Crippen molar-refractivity contribution in [2.24, 2.45) is 5.41 Å². The van der Waals surface area contributed by atoms with E-state index < -0.39 is 15.4 Å². The Morgan fingerprint density at radius 1 is 1.24 bits per heavy atom. The second kappa shape index (κ2) is 7.04. The van der Waals surface area contributed by atoms with Crippen molar-refractivity contribution in [3.63, 3.8) is 0 Å². The van der Waals surface area contributed by atoms with Crippen LogP contribution in [0.1, 0.15) is 37.7 Å². The summed E-state index contributed by atoms with van der Waals surface area (Å²) in [5.74, 6) is -0.485. The molecule has 1 aliphatic carbocycles. The number of rotatable bonds is 5. The van der Waals surface area contributed by atoms with E-state index >= 15 is 0 Å². The van der Waals surface area contributed by atoms with Crippen LogP contribution in [-0.4, -0.2) is 33.2 Å². The molecule has 1 saturated carbocycles. The highest BCUT2D eigenvalue weighted by Gasteiger charge is 2.39. The first-order valence-electron chi connectivity index (χ1n) is 8.76. The highest BCUT2D eigenvalue weighted by atomic mass is 32.2. The van der Waals surface area contributed by atoms with Gasteiger partial charge in [-0.25, -0.2) is 8.42 Å². The number of anilines is 1. The molecule has 0 aromatic heterocycles. The molecule has 1 aliphatic heterocycles. The second-order valence-corrected chi connectivity index (χ2v) is 8.79. The zero-order valence-corrected chi connectivity index (χ0v) is 15.0. The van der Waals surface area contributed by atoms with Gasteiger partial charge in [-0.3, -0.25) is 9.10 Å². The number of para-hydroxylation sites is 1. The molecule has 1 fully saturated rings. The Morgan fingerprint density at radius 3 is 2.68 bits per heavy atom. The first-order valence-corrected chi connectivity index (χ1v) is 10.4. The summed E-state index contributed by atoms with van der Waals surface area (Å²) < 4.78 is 26.7. The molecule has 0 radical (unpaired) electrons. The Balaban J connectivity index is 1.60. The van der Waals surface area contributed by atoms with Gasteiger partial charge in [-0.1, -0.05) is 37.5 Å². The lowest BCUT2D eigenvalue weighted by atomic mass is 9.74. The maximum absolute atomic E-state index is 12.6. The summed E-state index contributed by atoms with van der Waals surface area (Å²) in [7, 11) is -3.49. The number of carbonyl (C=O) groups excluding carboxylic acids is 1. The van der Waals surface area contributed by atoms with Crippen LogP contribution in [0.4, 0.5) is 5.69 Å². The van der Waals surface area contributed by atoms with Crippen LogP contribution in [0.5, 0.6) is 0 Å². The highest BCUT2D eigenvalue weighted by Crippen LogP contribution is 2.36. The third-order valence-electron chi connectivity index (χ3n) is 5.18. The lowest BCUT2D eigenvalue weighted by molar-refractivity contribution is -0.129. The summed E-state index contributed by atoms with van der Waals surface area (Å²) in [4.78, 5) is 12.4. The number of hydrogen-bond donors (Lipinski definition) is 1. The van der Waals surface area contributed by atoms with E-state index in [1.807, 2.05) is 24.3 Å². The van der Waals surface area contributed by atoms with E-state index in [9.17, 15) is 18.5 Å². The summed E-state index contributed by atoms with van der Waals surface area (Å²) in [6.07, 6.45) is 4.59.